The molecular formula is C18H22N4O2. The highest BCUT2D eigenvalue weighted by molar-refractivity contribution is 6.03. The van der Waals surface area contributed by atoms with Crippen LogP contribution >= 0.6 is 0 Å². The molecule has 1 aromatic heterocycles. The molecule has 126 valence electrons. The molecule has 0 spiro atoms. The number of nitrogens with zero attached hydrogens (tertiary/aromatic N) is 2. The molecule has 0 fully saturated rings. The van der Waals surface area contributed by atoms with Crippen LogP contribution in [0.15, 0.2) is 42.6 Å². The number of nitrogens with one attached hydrogen (secondary N) is 2. The zero-order valence-electron chi connectivity index (χ0n) is 14.2. The average Bonchev–Trinajstić information content (AvgIpc) is 2.58. The summed E-state index contributed by atoms with van der Waals surface area (Å²) >= 11 is 0. The molecule has 1 aromatic carbocycles. The van der Waals surface area contributed by atoms with Crippen LogP contribution in [-0.4, -0.2) is 29.9 Å². The van der Waals surface area contributed by atoms with Crippen molar-refractivity contribution in [2.75, 3.05) is 28.6 Å². The number of amides is 2. The minimum absolute atomic E-state index is 0.135. The molecule has 6 nitrogen and oxygen atoms in total. The molecule has 2 amide bonds. The second-order valence-electron chi connectivity index (χ2n) is 5.29. The van der Waals surface area contributed by atoms with Crippen LogP contribution in [0.4, 0.5) is 17.1 Å². The first-order valence-corrected chi connectivity index (χ1v) is 7.93. The van der Waals surface area contributed by atoms with E-state index in [1.54, 1.807) is 36.5 Å². The van der Waals surface area contributed by atoms with Crippen LogP contribution in [0, 0.1) is 0 Å². The highest BCUT2D eigenvalue weighted by atomic mass is 16.2. The van der Waals surface area contributed by atoms with E-state index >= 15 is 0 Å². The zero-order valence-corrected chi connectivity index (χ0v) is 14.2. The molecule has 2 aromatic rings. The van der Waals surface area contributed by atoms with Gasteiger partial charge in [0.25, 0.3) is 5.91 Å². The summed E-state index contributed by atoms with van der Waals surface area (Å²) in [5.41, 5.74) is 2.68. The Morgan fingerprint density at radius 2 is 1.54 bits per heavy atom. The molecule has 24 heavy (non-hydrogen) atoms. The minimum atomic E-state index is -0.270. The van der Waals surface area contributed by atoms with E-state index < -0.39 is 0 Å². The maximum Gasteiger partial charge on any atom is 0.274 e. The molecule has 6 heteroatoms. The average molecular weight is 326 g/mol. The fraction of sp³-hybridized carbons (Fsp3) is 0.278. The van der Waals surface area contributed by atoms with Gasteiger partial charge in [0.05, 0.1) is 11.9 Å². The van der Waals surface area contributed by atoms with Crippen molar-refractivity contribution in [3.63, 3.8) is 0 Å². The lowest BCUT2D eigenvalue weighted by Crippen LogP contribution is -2.22. The number of hydrogen-bond acceptors (Lipinski definition) is 4. The lowest BCUT2D eigenvalue weighted by molar-refractivity contribution is -0.114. The predicted molar refractivity (Wildman–Crippen MR) is 96.5 cm³/mol. The summed E-state index contributed by atoms with van der Waals surface area (Å²) < 4.78 is 0. The molecular weight excluding hydrogens is 304 g/mol. The second kappa shape index (κ2) is 8.10. The number of rotatable bonds is 6. The molecule has 0 aliphatic carbocycles. The molecule has 1 heterocycles. The van der Waals surface area contributed by atoms with Gasteiger partial charge in [-0.05, 0) is 50.2 Å². The van der Waals surface area contributed by atoms with Gasteiger partial charge in [0.1, 0.15) is 5.69 Å². The summed E-state index contributed by atoms with van der Waals surface area (Å²) in [7, 11) is 0. The Balaban J connectivity index is 2.02. The van der Waals surface area contributed by atoms with Gasteiger partial charge in [0, 0.05) is 31.4 Å². The van der Waals surface area contributed by atoms with Crippen LogP contribution < -0.4 is 15.5 Å². The standard InChI is InChI=1S/C18H22N4O2/c1-4-22(5-2)16-10-11-17(19-12-16)18(24)21-15-8-6-14(7-9-15)20-13(3)23/h6-12H,4-5H2,1-3H3,(H,20,23)(H,21,24). The first kappa shape index (κ1) is 17.5. The lowest BCUT2D eigenvalue weighted by Gasteiger charge is -2.20. The van der Waals surface area contributed by atoms with E-state index in [0.717, 1.165) is 18.8 Å². The summed E-state index contributed by atoms with van der Waals surface area (Å²) in [6, 6.07) is 10.5. The number of anilines is 3. The van der Waals surface area contributed by atoms with Crippen LogP contribution in [0.3, 0.4) is 0 Å². The first-order valence-electron chi connectivity index (χ1n) is 7.93. The molecule has 2 N–H and O–H groups in total. The maximum absolute atomic E-state index is 12.2. The fourth-order valence-electron chi connectivity index (χ4n) is 2.33. The highest BCUT2D eigenvalue weighted by Gasteiger charge is 2.09. The molecule has 0 saturated carbocycles. The van der Waals surface area contributed by atoms with Crippen LogP contribution in [0.2, 0.25) is 0 Å². The van der Waals surface area contributed by atoms with Gasteiger partial charge in [-0.2, -0.15) is 0 Å². The molecule has 0 aliphatic heterocycles. The van der Waals surface area contributed by atoms with Crippen LogP contribution in [-0.2, 0) is 4.79 Å². The minimum Gasteiger partial charge on any atom is -0.371 e. The Morgan fingerprint density at radius 3 is 2.00 bits per heavy atom. The quantitative estimate of drug-likeness (QED) is 0.855. The maximum atomic E-state index is 12.2. The third kappa shape index (κ3) is 4.55. The topological polar surface area (TPSA) is 74.3 Å². The van der Waals surface area contributed by atoms with Crippen molar-refractivity contribution in [1.82, 2.24) is 4.98 Å². The molecule has 0 atom stereocenters. The smallest absolute Gasteiger partial charge is 0.274 e. The van der Waals surface area contributed by atoms with E-state index in [1.807, 2.05) is 6.07 Å². The summed E-state index contributed by atoms with van der Waals surface area (Å²) in [6.45, 7) is 7.39. The largest absolute Gasteiger partial charge is 0.371 e. The monoisotopic (exact) mass is 326 g/mol. The third-order valence-electron chi connectivity index (χ3n) is 3.57. The fourth-order valence-corrected chi connectivity index (χ4v) is 2.33. The van der Waals surface area contributed by atoms with Crippen LogP contribution in [0.1, 0.15) is 31.3 Å². The van der Waals surface area contributed by atoms with E-state index in [4.69, 9.17) is 0 Å². The van der Waals surface area contributed by atoms with Gasteiger partial charge in [-0.25, -0.2) is 4.98 Å². The molecule has 0 aliphatic rings. The SMILES string of the molecule is CCN(CC)c1ccc(C(=O)Nc2ccc(NC(C)=O)cc2)nc1. The van der Waals surface area contributed by atoms with Gasteiger partial charge in [-0.1, -0.05) is 0 Å². The summed E-state index contributed by atoms with van der Waals surface area (Å²) in [5.74, 6) is -0.405. The van der Waals surface area contributed by atoms with Crippen molar-refractivity contribution in [2.45, 2.75) is 20.8 Å². The molecule has 0 bridgehead atoms. The number of carbonyl (C=O) groups is 2. The van der Waals surface area contributed by atoms with Gasteiger partial charge in [0.2, 0.25) is 5.91 Å². The zero-order chi connectivity index (χ0) is 17.5. The number of pyridine rings is 1. The Morgan fingerprint density at radius 1 is 0.958 bits per heavy atom. The first-order chi connectivity index (χ1) is 11.5. The van der Waals surface area contributed by atoms with E-state index in [0.29, 0.717) is 17.1 Å². The second-order valence-corrected chi connectivity index (χ2v) is 5.29. The molecule has 2 rings (SSSR count). The number of benzene rings is 1. The highest BCUT2D eigenvalue weighted by Crippen LogP contribution is 2.16. The Hall–Kier alpha value is -2.89. The number of carbonyl (C=O) groups excluding carboxylic acids is 2. The summed E-state index contributed by atoms with van der Waals surface area (Å²) in [4.78, 5) is 29.6. The Bertz CT molecular complexity index is 692. The van der Waals surface area contributed by atoms with Gasteiger partial charge in [-0.15, -0.1) is 0 Å². The van der Waals surface area contributed by atoms with Crippen LogP contribution in [0.5, 0.6) is 0 Å². The van der Waals surface area contributed by atoms with Crippen molar-refractivity contribution in [1.29, 1.82) is 0 Å². The van der Waals surface area contributed by atoms with E-state index in [1.165, 1.54) is 6.92 Å². The van der Waals surface area contributed by atoms with Crippen molar-refractivity contribution in [2.24, 2.45) is 0 Å². The van der Waals surface area contributed by atoms with Gasteiger partial charge < -0.3 is 15.5 Å². The summed E-state index contributed by atoms with van der Waals surface area (Å²) in [6.07, 6.45) is 1.71. The van der Waals surface area contributed by atoms with Crippen molar-refractivity contribution in [3.8, 4) is 0 Å². The molecule has 0 radical (unpaired) electrons. The molecule has 0 unspecified atom stereocenters. The van der Waals surface area contributed by atoms with E-state index in [9.17, 15) is 9.59 Å². The normalized spacial score (nSPS) is 10.1. The molecule has 0 saturated heterocycles. The Kier molecular flexibility index (Phi) is 5.89. The van der Waals surface area contributed by atoms with Crippen molar-refractivity contribution in [3.05, 3.63) is 48.3 Å². The van der Waals surface area contributed by atoms with Gasteiger partial charge in [-0.3, -0.25) is 9.59 Å². The predicted octanol–water partition coefficient (Wildman–Crippen LogP) is 3.14. The van der Waals surface area contributed by atoms with Crippen LogP contribution in [0.25, 0.3) is 0 Å². The van der Waals surface area contributed by atoms with Crippen molar-refractivity contribution < 1.29 is 9.59 Å². The van der Waals surface area contributed by atoms with Gasteiger partial charge in [0.15, 0.2) is 0 Å². The number of aromatic nitrogens is 1. The van der Waals surface area contributed by atoms with E-state index in [2.05, 4.69) is 34.4 Å². The number of hydrogen-bond donors (Lipinski definition) is 2. The third-order valence-corrected chi connectivity index (χ3v) is 3.57. The van der Waals surface area contributed by atoms with Crippen molar-refractivity contribution >= 4 is 28.9 Å². The lowest BCUT2D eigenvalue weighted by atomic mass is 10.2. The Labute approximate surface area is 141 Å². The van der Waals surface area contributed by atoms with E-state index in [-0.39, 0.29) is 11.8 Å². The summed E-state index contributed by atoms with van der Waals surface area (Å²) in [5, 5.41) is 5.46. The van der Waals surface area contributed by atoms with Gasteiger partial charge >= 0.3 is 0 Å².